The van der Waals surface area contributed by atoms with E-state index >= 15 is 0 Å². The summed E-state index contributed by atoms with van der Waals surface area (Å²) in [7, 11) is 0. The summed E-state index contributed by atoms with van der Waals surface area (Å²) in [5, 5.41) is 12.8. The molecule has 2 atom stereocenters. The van der Waals surface area contributed by atoms with Gasteiger partial charge in [0.15, 0.2) is 0 Å². The number of hydrogen-bond acceptors (Lipinski definition) is 3. The van der Waals surface area contributed by atoms with Crippen LogP contribution >= 0.6 is 0 Å². The molecule has 4 nitrogen and oxygen atoms in total. The monoisotopic (exact) mass is 327 g/mol. The highest BCUT2D eigenvalue weighted by atomic mass is 16.5. The summed E-state index contributed by atoms with van der Waals surface area (Å²) in [6, 6.07) is 16.9. The predicted octanol–water partition coefficient (Wildman–Crippen LogP) is 3.40. The first-order valence-electron chi connectivity index (χ1n) is 8.33. The number of rotatable bonds is 8. The quantitative estimate of drug-likeness (QED) is 0.781. The van der Waals surface area contributed by atoms with Crippen LogP contribution in [0.25, 0.3) is 0 Å². The second-order valence-electron chi connectivity index (χ2n) is 5.92. The standard InChI is InChI=1S/C20H25NO3/c1-3-15(2)19(22)13-21-20(23)18-12-8-7-9-16(18)14-24-17-10-5-4-6-11-17/h4-12,15,19,22H,3,13-14H2,1-2H3,(H,21,23). The van der Waals surface area contributed by atoms with Crippen molar-refractivity contribution in [1.29, 1.82) is 0 Å². The van der Waals surface area contributed by atoms with Crippen LogP contribution in [-0.4, -0.2) is 23.7 Å². The molecule has 128 valence electrons. The van der Waals surface area contributed by atoms with Gasteiger partial charge in [0.25, 0.3) is 5.91 Å². The van der Waals surface area contributed by atoms with Crippen LogP contribution in [0.2, 0.25) is 0 Å². The Kier molecular flexibility index (Phi) is 6.82. The molecule has 2 N–H and O–H groups in total. The fourth-order valence-electron chi connectivity index (χ4n) is 2.31. The SMILES string of the molecule is CCC(C)C(O)CNC(=O)c1ccccc1COc1ccccc1. The highest BCUT2D eigenvalue weighted by molar-refractivity contribution is 5.95. The average Bonchev–Trinajstić information content (AvgIpc) is 2.64. The number of hydrogen-bond donors (Lipinski definition) is 2. The average molecular weight is 327 g/mol. The number of nitrogens with one attached hydrogen (secondary N) is 1. The molecule has 0 aliphatic heterocycles. The van der Waals surface area contributed by atoms with Crippen LogP contribution in [0, 0.1) is 5.92 Å². The van der Waals surface area contributed by atoms with Crippen LogP contribution in [0.1, 0.15) is 36.2 Å². The number of carbonyl (C=O) groups is 1. The lowest BCUT2D eigenvalue weighted by molar-refractivity contribution is 0.0848. The predicted molar refractivity (Wildman–Crippen MR) is 95.0 cm³/mol. The molecular weight excluding hydrogens is 302 g/mol. The molecule has 2 aromatic carbocycles. The third kappa shape index (κ3) is 5.10. The molecule has 0 aliphatic rings. The van der Waals surface area contributed by atoms with Gasteiger partial charge in [-0.3, -0.25) is 4.79 Å². The summed E-state index contributed by atoms with van der Waals surface area (Å²) < 4.78 is 5.73. The summed E-state index contributed by atoms with van der Waals surface area (Å²) in [6.45, 7) is 4.56. The van der Waals surface area contributed by atoms with Crippen LogP contribution in [0.3, 0.4) is 0 Å². The van der Waals surface area contributed by atoms with Gasteiger partial charge in [0, 0.05) is 17.7 Å². The molecule has 2 rings (SSSR count). The van der Waals surface area contributed by atoms with Crippen molar-refractivity contribution in [3.05, 3.63) is 65.7 Å². The summed E-state index contributed by atoms with van der Waals surface area (Å²) >= 11 is 0. The van der Waals surface area contributed by atoms with Crippen molar-refractivity contribution in [2.75, 3.05) is 6.54 Å². The van der Waals surface area contributed by atoms with E-state index in [1.54, 1.807) is 6.07 Å². The van der Waals surface area contributed by atoms with E-state index < -0.39 is 6.10 Å². The topological polar surface area (TPSA) is 58.6 Å². The largest absolute Gasteiger partial charge is 0.489 e. The zero-order valence-electron chi connectivity index (χ0n) is 14.2. The molecule has 0 saturated heterocycles. The third-order valence-electron chi connectivity index (χ3n) is 4.17. The van der Waals surface area contributed by atoms with Crippen molar-refractivity contribution in [2.24, 2.45) is 5.92 Å². The summed E-state index contributed by atoms with van der Waals surface area (Å²) in [6.07, 6.45) is 0.338. The van der Waals surface area contributed by atoms with Gasteiger partial charge in [-0.1, -0.05) is 56.7 Å². The van der Waals surface area contributed by atoms with E-state index in [0.29, 0.717) is 12.2 Å². The van der Waals surface area contributed by atoms with E-state index in [1.807, 2.05) is 62.4 Å². The first-order valence-corrected chi connectivity index (χ1v) is 8.33. The number of aliphatic hydroxyl groups is 1. The molecule has 0 bridgehead atoms. The molecule has 0 aliphatic carbocycles. The number of amides is 1. The van der Waals surface area contributed by atoms with E-state index in [-0.39, 0.29) is 18.4 Å². The normalized spacial score (nSPS) is 13.1. The highest BCUT2D eigenvalue weighted by Gasteiger charge is 2.16. The van der Waals surface area contributed by atoms with Crippen LogP contribution in [0.4, 0.5) is 0 Å². The zero-order valence-corrected chi connectivity index (χ0v) is 14.2. The smallest absolute Gasteiger partial charge is 0.251 e. The van der Waals surface area contributed by atoms with Gasteiger partial charge in [-0.25, -0.2) is 0 Å². The molecule has 0 heterocycles. The second kappa shape index (κ2) is 9.08. The fourth-order valence-corrected chi connectivity index (χ4v) is 2.31. The second-order valence-corrected chi connectivity index (χ2v) is 5.92. The Hall–Kier alpha value is -2.33. The van der Waals surface area contributed by atoms with E-state index in [9.17, 15) is 9.90 Å². The van der Waals surface area contributed by atoms with Gasteiger partial charge in [0.2, 0.25) is 0 Å². The van der Waals surface area contributed by atoms with Gasteiger partial charge in [0.1, 0.15) is 12.4 Å². The Morgan fingerprint density at radius 3 is 2.50 bits per heavy atom. The van der Waals surface area contributed by atoms with Gasteiger partial charge in [-0.05, 0) is 24.1 Å². The van der Waals surface area contributed by atoms with E-state index in [4.69, 9.17) is 4.74 Å². The minimum Gasteiger partial charge on any atom is -0.489 e. The van der Waals surface area contributed by atoms with Crippen molar-refractivity contribution < 1.29 is 14.6 Å². The van der Waals surface area contributed by atoms with Gasteiger partial charge in [-0.15, -0.1) is 0 Å². The van der Waals surface area contributed by atoms with E-state index in [2.05, 4.69) is 5.32 Å². The number of carbonyl (C=O) groups excluding carboxylic acids is 1. The number of benzene rings is 2. The van der Waals surface area contributed by atoms with Gasteiger partial charge >= 0.3 is 0 Å². The van der Waals surface area contributed by atoms with Crippen molar-refractivity contribution in [3.8, 4) is 5.75 Å². The van der Waals surface area contributed by atoms with Gasteiger partial charge in [-0.2, -0.15) is 0 Å². The molecule has 2 unspecified atom stereocenters. The Bertz CT molecular complexity index is 642. The minimum absolute atomic E-state index is 0.155. The highest BCUT2D eigenvalue weighted by Crippen LogP contribution is 2.15. The maximum atomic E-state index is 12.4. The lowest BCUT2D eigenvalue weighted by Gasteiger charge is -2.18. The summed E-state index contributed by atoms with van der Waals surface area (Å²) in [5.74, 6) is 0.728. The molecule has 0 spiro atoms. The minimum atomic E-state index is -0.535. The van der Waals surface area contributed by atoms with Crippen molar-refractivity contribution >= 4 is 5.91 Å². The van der Waals surface area contributed by atoms with Crippen molar-refractivity contribution in [2.45, 2.75) is 33.0 Å². The molecular formula is C20H25NO3. The lowest BCUT2D eigenvalue weighted by atomic mass is 10.0. The first-order chi connectivity index (χ1) is 11.6. The van der Waals surface area contributed by atoms with Crippen LogP contribution in [0.15, 0.2) is 54.6 Å². The molecule has 0 saturated carbocycles. The summed E-state index contributed by atoms with van der Waals surface area (Å²) in [5.41, 5.74) is 1.39. The van der Waals surface area contributed by atoms with Gasteiger partial charge < -0.3 is 15.2 Å². The third-order valence-corrected chi connectivity index (χ3v) is 4.17. The summed E-state index contributed by atoms with van der Waals surface area (Å²) in [4.78, 5) is 12.4. The Labute approximate surface area is 143 Å². The Balaban J connectivity index is 1.98. The number of aliphatic hydroxyl groups excluding tert-OH is 1. The molecule has 0 aromatic heterocycles. The van der Waals surface area contributed by atoms with Crippen LogP contribution in [-0.2, 0) is 6.61 Å². The molecule has 24 heavy (non-hydrogen) atoms. The zero-order chi connectivity index (χ0) is 17.4. The molecule has 4 heteroatoms. The van der Waals surface area contributed by atoms with Crippen LogP contribution < -0.4 is 10.1 Å². The number of ether oxygens (including phenoxy) is 1. The Morgan fingerprint density at radius 2 is 1.79 bits per heavy atom. The van der Waals surface area contributed by atoms with Crippen LogP contribution in [0.5, 0.6) is 5.75 Å². The maximum absolute atomic E-state index is 12.4. The van der Waals surface area contributed by atoms with Gasteiger partial charge in [0.05, 0.1) is 6.10 Å². The lowest BCUT2D eigenvalue weighted by Crippen LogP contribution is -2.35. The van der Waals surface area contributed by atoms with Crippen molar-refractivity contribution in [3.63, 3.8) is 0 Å². The first kappa shape index (κ1) is 18.0. The Morgan fingerprint density at radius 1 is 1.12 bits per heavy atom. The van der Waals surface area contributed by atoms with E-state index in [0.717, 1.165) is 17.7 Å². The molecule has 1 amide bonds. The molecule has 2 aromatic rings. The van der Waals surface area contributed by atoms with E-state index in [1.165, 1.54) is 0 Å². The molecule has 0 fully saturated rings. The maximum Gasteiger partial charge on any atom is 0.251 e. The van der Waals surface area contributed by atoms with Crippen molar-refractivity contribution in [1.82, 2.24) is 5.32 Å². The fraction of sp³-hybridized carbons (Fsp3) is 0.350. The molecule has 0 radical (unpaired) electrons. The number of para-hydroxylation sites is 1.